The maximum atomic E-state index is 11.1. The topological polar surface area (TPSA) is 43.4 Å². The van der Waals surface area contributed by atoms with E-state index in [1.807, 2.05) is 6.92 Å². The Morgan fingerprint density at radius 3 is 2.33 bits per heavy atom. The summed E-state index contributed by atoms with van der Waals surface area (Å²) in [5, 5.41) is 0. The molecule has 0 saturated heterocycles. The summed E-state index contributed by atoms with van der Waals surface area (Å²) in [5.74, 6) is -1.05. The summed E-state index contributed by atoms with van der Waals surface area (Å²) in [6.45, 7) is 5.65. The second kappa shape index (κ2) is 5.75. The molecule has 0 amide bonds. The largest absolute Gasteiger partial charge is 0.465 e. The Morgan fingerprint density at radius 1 is 1.33 bits per heavy atom. The van der Waals surface area contributed by atoms with Gasteiger partial charge in [-0.1, -0.05) is 13.8 Å². The lowest BCUT2D eigenvalue weighted by Gasteiger charge is -2.08. The molecule has 3 heteroatoms. The fourth-order valence-electron chi connectivity index (χ4n) is 0.765. The molecule has 0 fully saturated rings. The minimum Gasteiger partial charge on any atom is -0.465 e. The van der Waals surface area contributed by atoms with Gasteiger partial charge in [-0.2, -0.15) is 0 Å². The van der Waals surface area contributed by atoms with Crippen LogP contribution < -0.4 is 0 Å². The van der Waals surface area contributed by atoms with Crippen molar-refractivity contribution in [3.05, 3.63) is 0 Å². The van der Waals surface area contributed by atoms with E-state index in [9.17, 15) is 9.59 Å². The van der Waals surface area contributed by atoms with E-state index in [0.29, 0.717) is 13.0 Å². The van der Waals surface area contributed by atoms with E-state index in [0.717, 1.165) is 6.42 Å². The standard InChI is InChI=1S/C9H16O3/c1-4-6-12-9(11)7(3)8(10)5-2/h7H,4-6H2,1-3H3/t7-/m0/s1. The average molecular weight is 172 g/mol. The first-order valence-corrected chi connectivity index (χ1v) is 4.32. The summed E-state index contributed by atoms with van der Waals surface area (Å²) in [4.78, 5) is 22.1. The minimum atomic E-state index is -0.596. The van der Waals surface area contributed by atoms with Crippen LogP contribution in [-0.2, 0) is 14.3 Å². The zero-order valence-corrected chi connectivity index (χ0v) is 7.92. The molecule has 0 aliphatic rings. The number of hydrogen-bond acceptors (Lipinski definition) is 3. The molecule has 0 unspecified atom stereocenters. The SMILES string of the molecule is CCCOC(=O)[C@@H](C)C(=O)CC. The number of Topliss-reactive ketones (excluding diaryl/α,β-unsaturated/α-hetero) is 1. The van der Waals surface area contributed by atoms with Crippen LogP contribution in [0.25, 0.3) is 0 Å². The molecule has 1 atom stereocenters. The van der Waals surface area contributed by atoms with Crippen molar-refractivity contribution in [1.29, 1.82) is 0 Å². The van der Waals surface area contributed by atoms with Crippen LogP contribution in [-0.4, -0.2) is 18.4 Å². The normalized spacial score (nSPS) is 12.2. The number of hydrogen-bond donors (Lipinski definition) is 0. The van der Waals surface area contributed by atoms with E-state index in [1.54, 1.807) is 13.8 Å². The average Bonchev–Trinajstić information content (AvgIpc) is 2.11. The number of carbonyl (C=O) groups excluding carboxylic acids is 2. The molecule has 0 aromatic heterocycles. The molecule has 0 saturated carbocycles. The molecule has 0 rings (SSSR count). The highest BCUT2D eigenvalue weighted by molar-refractivity contribution is 5.98. The van der Waals surface area contributed by atoms with Crippen LogP contribution in [0, 0.1) is 5.92 Å². The maximum Gasteiger partial charge on any atom is 0.316 e. The Morgan fingerprint density at radius 2 is 1.92 bits per heavy atom. The van der Waals surface area contributed by atoms with Gasteiger partial charge in [-0.25, -0.2) is 0 Å². The van der Waals surface area contributed by atoms with Crippen LogP contribution in [0.4, 0.5) is 0 Å². The van der Waals surface area contributed by atoms with E-state index >= 15 is 0 Å². The zero-order valence-electron chi connectivity index (χ0n) is 7.92. The van der Waals surface area contributed by atoms with E-state index in [-0.39, 0.29) is 5.78 Å². The van der Waals surface area contributed by atoms with Gasteiger partial charge in [0, 0.05) is 6.42 Å². The smallest absolute Gasteiger partial charge is 0.316 e. The second-order valence-corrected chi connectivity index (χ2v) is 2.71. The summed E-state index contributed by atoms with van der Waals surface area (Å²) < 4.78 is 4.82. The molecule has 0 aliphatic heterocycles. The molecular formula is C9H16O3. The molecule has 70 valence electrons. The van der Waals surface area contributed by atoms with Crippen molar-refractivity contribution in [2.24, 2.45) is 5.92 Å². The molecule has 0 aromatic carbocycles. The number of rotatable bonds is 5. The minimum absolute atomic E-state index is 0.0592. The first kappa shape index (κ1) is 11.1. The van der Waals surface area contributed by atoms with Gasteiger partial charge in [-0.3, -0.25) is 9.59 Å². The van der Waals surface area contributed by atoms with E-state index < -0.39 is 11.9 Å². The van der Waals surface area contributed by atoms with Gasteiger partial charge in [-0.15, -0.1) is 0 Å². The van der Waals surface area contributed by atoms with Crippen LogP contribution in [0.3, 0.4) is 0 Å². The Labute approximate surface area is 73.1 Å². The monoisotopic (exact) mass is 172 g/mol. The van der Waals surface area contributed by atoms with E-state index in [1.165, 1.54) is 0 Å². The number of carbonyl (C=O) groups is 2. The van der Waals surface area contributed by atoms with Crippen LogP contribution in [0.15, 0.2) is 0 Å². The van der Waals surface area contributed by atoms with Crippen molar-refractivity contribution in [3.63, 3.8) is 0 Å². The number of ketones is 1. The van der Waals surface area contributed by atoms with Gasteiger partial charge in [0.15, 0.2) is 0 Å². The number of esters is 1. The summed E-state index contributed by atoms with van der Waals surface area (Å²) >= 11 is 0. The fraction of sp³-hybridized carbons (Fsp3) is 0.778. The zero-order chi connectivity index (χ0) is 9.56. The highest BCUT2D eigenvalue weighted by Crippen LogP contribution is 2.03. The first-order valence-electron chi connectivity index (χ1n) is 4.32. The molecule has 0 N–H and O–H groups in total. The highest BCUT2D eigenvalue weighted by atomic mass is 16.5. The lowest BCUT2D eigenvalue weighted by atomic mass is 10.1. The van der Waals surface area contributed by atoms with Crippen LogP contribution in [0.5, 0.6) is 0 Å². The Bertz CT molecular complexity index is 163. The van der Waals surface area contributed by atoms with Crippen LogP contribution in [0.1, 0.15) is 33.6 Å². The van der Waals surface area contributed by atoms with Crippen molar-refractivity contribution in [3.8, 4) is 0 Å². The molecule has 0 bridgehead atoms. The van der Waals surface area contributed by atoms with Crippen molar-refractivity contribution >= 4 is 11.8 Å². The van der Waals surface area contributed by atoms with Crippen LogP contribution >= 0.6 is 0 Å². The van der Waals surface area contributed by atoms with Crippen LogP contribution in [0.2, 0.25) is 0 Å². The lowest BCUT2D eigenvalue weighted by Crippen LogP contribution is -2.22. The van der Waals surface area contributed by atoms with Gasteiger partial charge in [-0.05, 0) is 13.3 Å². The quantitative estimate of drug-likeness (QED) is 0.467. The van der Waals surface area contributed by atoms with Gasteiger partial charge in [0.1, 0.15) is 11.7 Å². The molecule has 0 heterocycles. The third-order valence-corrected chi connectivity index (χ3v) is 1.63. The summed E-state index contributed by atoms with van der Waals surface area (Å²) in [5.41, 5.74) is 0. The van der Waals surface area contributed by atoms with Gasteiger partial charge in [0.2, 0.25) is 0 Å². The third-order valence-electron chi connectivity index (χ3n) is 1.63. The van der Waals surface area contributed by atoms with Gasteiger partial charge in [0.25, 0.3) is 0 Å². The predicted octanol–water partition coefficient (Wildman–Crippen LogP) is 1.55. The van der Waals surface area contributed by atoms with Crippen molar-refractivity contribution < 1.29 is 14.3 Å². The van der Waals surface area contributed by atoms with E-state index in [2.05, 4.69) is 0 Å². The number of ether oxygens (including phenoxy) is 1. The van der Waals surface area contributed by atoms with E-state index in [4.69, 9.17) is 4.74 Å². The van der Waals surface area contributed by atoms with Crippen molar-refractivity contribution in [2.45, 2.75) is 33.6 Å². The summed E-state index contributed by atoms with van der Waals surface area (Å²) in [6, 6.07) is 0. The first-order chi connectivity index (χ1) is 5.63. The Kier molecular flexibility index (Phi) is 5.34. The molecule has 0 aliphatic carbocycles. The molecule has 0 radical (unpaired) electrons. The fourth-order valence-corrected chi connectivity index (χ4v) is 0.765. The Balaban J connectivity index is 3.84. The summed E-state index contributed by atoms with van der Waals surface area (Å²) in [7, 11) is 0. The maximum absolute atomic E-state index is 11.1. The molecule has 0 aromatic rings. The van der Waals surface area contributed by atoms with Crippen molar-refractivity contribution in [2.75, 3.05) is 6.61 Å². The van der Waals surface area contributed by atoms with Gasteiger partial charge in [0.05, 0.1) is 6.61 Å². The van der Waals surface area contributed by atoms with Gasteiger partial charge < -0.3 is 4.74 Å². The highest BCUT2D eigenvalue weighted by Gasteiger charge is 2.20. The predicted molar refractivity (Wildman–Crippen MR) is 45.7 cm³/mol. The molecule has 0 spiro atoms. The second-order valence-electron chi connectivity index (χ2n) is 2.71. The summed E-state index contributed by atoms with van der Waals surface area (Å²) in [6.07, 6.45) is 1.18. The molecule has 3 nitrogen and oxygen atoms in total. The molecule has 12 heavy (non-hydrogen) atoms. The van der Waals surface area contributed by atoms with Gasteiger partial charge >= 0.3 is 5.97 Å². The Hall–Kier alpha value is -0.860. The lowest BCUT2D eigenvalue weighted by molar-refractivity contribution is -0.151. The molecular weight excluding hydrogens is 156 g/mol. The third kappa shape index (κ3) is 3.51. The van der Waals surface area contributed by atoms with Crippen molar-refractivity contribution in [1.82, 2.24) is 0 Å².